The number of amides is 1. The van der Waals surface area contributed by atoms with Crippen LogP contribution in [0.1, 0.15) is 51.9 Å². The van der Waals surface area contributed by atoms with E-state index in [1.54, 1.807) is 0 Å². The van der Waals surface area contributed by atoms with Crippen molar-refractivity contribution in [3.8, 4) is 6.07 Å². The Balaban J connectivity index is 1.78. The molecule has 0 radical (unpaired) electrons. The molecule has 0 saturated heterocycles. The topological polar surface area (TPSA) is 53.3 Å². The average Bonchev–Trinajstić information content (AvgIpc) is 2.86. The molecule has 2 rings (SSSR count). The van der Waals surface area contributed by atoms with Gasteiger partial charge in [-0.25, -0.2) is 0 Å². The molecule has 2 aliphatic rings. The Kier molecular flexibility index (Phi) is 5.21. The third-order valence-corrected chi connectivity index (χ3v) is 4.38. The number of nitriles is 1. The predicted molar refractivity (Wildman–Crippen MR) is 72.3 cm³/mol. The molecule has 106 valence electrons. The summed E-state index contributed by atoms with van der Waals surface area (Å²) in [6, 6.07) is 2.46. The van der Waals surface area contributed by atoms with E-state index in [2.05, 4.69) is 6.07 Å². The lowest BCUT2D eigenvalue weighted by molar-refractivity contribution is -0.136. The minimum Gasteiger partial charge on any atom is -0.378 e. The lowest BCUT2D eigenvalue weighted by Crippen LogP contribution is -2.42. The van der Waals surface area contributed by atoms with Gasteiger partial charge in [0.15, 0.2) is 0 Å². The van der Waals surface area contributed by atoms with Crippen molar-refractivity contribution >= 4 is 5.91 Å². The van der Waals surface area contributed by atoms with Crippen LogP contribution in [-0.4, -0.2) is 36.1 Å². The highest BCUT2D eigenvalue weighted by molar-refractivity contribution is 5.77. The first kappa shape index (κ1) is 14.3. The van der Waals surface area contributed by atoms with E-state index in [1.165, 1.54) is 12.8 Å². The zero-order valence-corrected chi connectivity index (χ0v) is 11.8. The molecule has 4 heteroatoms. The van der Waals surface area contributed by atoms with E-state index in [4.69, 9.17) is 10.00 Å². The fourth-order valence-electron chi connectivity index (χ4n) is 3.29. The lowest BCUT2D eigenvalue weighted by Gasteiger charge is -2.36. The molecule has 0 spiro atoms. The second-order valence-corrected chi connectivity index (χ2v) is 5.74. The van der Waals surface area contributed by atoms with Crippen LogP contribution in [0.2, 0.25) is 0 Å². The molecular formula is C15H24N2O2. The molecule has 1 amide bonds. The summed E-state index contributed by atoms with van der Waals surface area (Å²) >= 11 is 0. The Labute approximate surface area is 115 Å². The zero-order chi connectivity index (χ0) is 13.7. The molecule has 2 aliphatic carbocycles. The van der Waals surface area contributed by atoms with Gasteiger partial charge in [-0.2, -0.15) is 5.26 Å². The van der Waals surface area contributed by atoms with E-state index in [-0.39, 0.29) is 12.5 Å². The van der Waals surface area contributed by atoms with Crippen molar-refractivity contribution in [2.24, 2.45) is 5.92 Å². The van der Waals surface area contributed by atoms with Crippen LogP contribution in [0.4, 0.5) is 0 Å². The lowest BCUT2D eigenvalue weighted by atomic mass is 9.79. The maximum Gasteiger partial charge on any atom is 0.223 e. The van der Waals surface area contributed by atoms with Crippen molar-refractivity contribution < 1.29 is 9.53 Å². The molecule has 19 heavy (non-hydrogen) atoms. The Hall–Kier alpha value is -1.08. The maximum atomic E-state index is 12.3. The van der Waals surface area contributed by atoms with Gasteiger partial charge in [-0.15, -0.1) is 0 Å². The molecule has 0 bridgehead atoms. The van der Waals surface area contributed by atoms with Gasteiger partial charge in [0.25, 0.3) is 0 Å². The molecule has 2 saturated carbocycles. The third-order valence-electron chi connectivity index (χ3n) is 4.38. The van der Waals surface area contributed by atoms with Crippen molar-refractivity contribution in [2.75, 3.05) is 13.2 Å². The van der Waals surface area contributed by atoms with Gasteiger partial charge in [0, 0.05) is 19.1 Å². The fourth-order valence-corrected chi connectivity index (χ4v) is 3.29. The van der Waals surface area contributed by atoms with E-state index in [0.29, 0.717) is 24.5 Å². The Bertz CT molecular complexity index is 339. The Morgan fingerprint density at radius 2 is 2.05 bits per heavy atom. The average molecular weight is 264 g/mol. The normalized spacial score (nSPS) is 26.7. The first-order valence-corrected chi connectivity index (χ1v) is 7.52. The number of rotatable bonds is 6. The van der Waals surface area contributed by atoms with Crippen LogP contribution in [0.25, 0.3) is 0 Å². The molecule has 0 aromatic rings. The van der Waals surface area contributed by atoms with E-state index in [0.717, 1.165) is 32.3 Å². The molecule has 0 atom stereocenters. The molecule has 0 aromatic heterocycles. The largest absolute Gasteiger partial charge is 0.378 e. The minimum atomic E-state index is 0.174. The summed E-state index contributed by atoms with van der Waals surface area (Å²) in [6.07, 6.45) is 7.49. The summed E-state index contributed by atoms with van der Waals surface area (Å²) in [5, 5.41) is 8.90. The van der Waals surface area contributed by atoms with Crippen LogP contribution < -0.4 is 0 Å². The summed E-state index contributed by atoms with van der Waals surface area (Å²) in [6.45, 7) is 3.02. The van der Waals surface area contributed by atoms with Gasteiger partial charge >= 0.3 is 0 Å². The van der Waals surface area contributed by atoms with Crippen molar-refractivity contribution in [1.82, 2.24) is 4.90 Å². The molecule has 2 fully saturated rings. The van der Waals surface area contributed by atoms with E-state index < -0.39 is 0 Å². The van der Waals surface area contributed by atoms with Gasteiger partial charge in [-0.3, -0.25) is 4.79 Å². The number of nitrogens with zero attached hydrogens (tertiary/aromatic N) is 2. The second kappa shape index (κ2) is 6.91. The van der Waals surface area contributed by atoms with E-state index in [9.17, 15) is 4.79 Å². The van der Waals surface area contributed by atoms with Crippen molar-refractivity contribution in [2.45, 2.75) is 64.0 Å². The van der Waals surface area contributed by atoms with Gasteiger partial charge < -0.3 is 9.64 Å². The van der Waals surface area contributed by atoms with Crippen molar-refractivity contribution in [1.29, 1.82) is 5.26 Å². The van der Waals surface area contributed by atoms with Gasteiger partial charge in [0.1, 0.15) is 6.54 Å². The number of hydrogen-bond donors (Lipinski definition) is 0. The first-order chi connectivity index (χ1) is 9.24. The molecule has 0 N–H and O–H groups in total. The zero-order valence-electron chi connectivity index (χ0n) is 11.8. The van der Waals surface area contributed by atoms with Crippen molar-refractivity contribution in [3.63, 3.8) is 0 Å². The van der Waals surface area contributed by atoms with Gasteiger partial charge in [0.2, 0.25) is 5.91 Å². The number of carbonyl (C=O) groups excluding carboxylic acids is 1. The Morgan fingerprint density at radius 1 is 1.37 bits per heavy atom. The third kappa shape index (κ3) is 3.70. The van der Waals surface area contributed by atoms with Crippen LogP contribution in [0.5, 0.6) is 0 Å². The van der Waals surface area contributed by atoms with Crippen LogP contribution >= 0.6 is 0 Å². The molecule has 0 heterocycles. The van der Waals surface area contributed by atoms with Crippen molar-refractivity contribution in [3.05, 3.63) is 0 Å². The highest BCUT2D eigenvalue weighted by Crippen LogP contribution is 2.34. The van der Waals surface area contributed by atoms with Gasteiger partial charge in [-0.05, 0) is 38.5 Å². The van der Waals surface area contributed by atoms with Gasteiger partial charge in [-0.1, -0.05) is 12.8 Å². The van der Waals surface area contributed by atoms with E-state index >= 15 is 0 Å². The second-order valence-electron chi connectivity index (χ2n) is 5.74. The number of carbonyl (C=O) groups is 1. The predicted octanol–water partition coefficient (Wildman–Crippen LogP) is 2.49. The summed E-state index contributed by atoms with van der Waals surface area (Å²) in [5.41, 5.74) is 0. The summed E-state index contributed by atoms with van der Waals surface area (Å²) in [4.78, 5) is 14.1. The summed E-state index contributed by atoms with van der Waals surface area (Å²) < 4.78 is 5.52. The molecule has 0 aromatic carbocycles. The summed E-state index contributed by atoms with van der Waals surface area (Å²) in [5.74, 6) is 0.639. The highest BCUT2D eigenvalue weighted by atomic mass is 16.5. The first-order valence-electron chi connectivity index (χ1n) is 7.52. The smallest absolute Gasteiger partial charge is 0.223 e. The van der Waals surface area contributed by atoms with Crippen LogP contribution in [0.3, 0.4) is 0 Å². The monoisotopic (exact) mass is 264 g/mol. The summed E-state index contributed by atoms with van der Waals surface area (Å²) in [7, 11) is 0. The van der Waals surface area contributed by atoms with Crippen LogP contribution in [0, 0.1) is 17.2 Å². The maximum absolute atomic E-state index is 12.3. The minimum absolute atomic E-state index is 0.174. The van der Waals surface area contributed by atoms with Gasteiger partial charge in [0.05, 0.1) is 12.2 Å². The standard InChI is InChI=1S/C15H24N2O2/c1-2-19-14-9-12(10-14)11-15(18)17(8-7-16)13-5-3-4-6-13/h12-14H,2-6,8-11H2,1H3. The SMILES string of the molecule is CCOC1CC(CC(=O)N(CC#N)C2CCCC2)C1. The molecule has 0 unspecified atom stereocenters. The molecule has 4 nitrogen and oxygen atoms in total. The molecule has 0 aliphatic heterocycles. The van der Waals surface area contributed by atoms with E-state index in [1.807, 2.05) is 11.8 Å². The van der Waals surface area contributed by atoms with Crippen LogP contribution in [0.15, 0.2) is 0 Å². The Morgan fingerprint density at radius 3 is 2.63 bits per heavy atom. The highest BCUT2D eigenvalue weighted by Gasteiger charge is 2.34. The fraction of sp³-hybridized carbons (Fsp3) is 0.867. The quantitative estimate of drug-likeness (QED) is 0.693. The molecular weight excluding hydrogens is 240 g/mol. The van der Waals surface area contributed by atoms with Crippen LogP contribution in [-0.2, 0) is 9.53 Å². The number of ether oxygens (including phenoxy) is 1. The number of hydrogen-bond acceptors (Lipinski definition) is 3.